The Labute approximate surface area is 102 Å². The Morgan fingerprint density at radius 1 is 1.50 bits per heavy atom. The van der Waals surface area contributed by atoms with Crippen LogP contribution in [0.3, 0.4) is 0 Å². The van der Waals surface area contributed by atoms with Gasteiger partial charge in [-0.2, -0.15) is 0 Å². The summed E-state index contributed by atoms with van der Waals surface area (Å²) in [5.41, 5.74) is -0.405. The molecule has 0 radical (unpaired) electrons. The third-order valence-electron chi connectivity index (χ3n) is 3.74. The van der Waals surface area contributed by atoms with E-state index in [1.54, 1.807) is 11.3 Å². The molecule has 0 aliphatic heterocycles. The Morgan fingerprint density at radius 2 is 2.25 bits per heavy atom. The van der Waals surface area contributed by atoms with Gasteiger partial charge in [-0.25, -0.2) is 0 Å². The minimum atomic E-state index is -0.405. The zero-order valence-electron chi connectivity index (χ0n) is 9.91. The molecule has 1 fully saturated rings. The maximum Gasteiger partial charge on any atom is 0.0652 e. The highest BCUT2D eigenvalue weighted by Gasteiger charge is 2.32. The fraction of sp³-hybridized carbons (Fsp3) is 0.692. The lowest BCUT2D eigenvalue weighted by atomic mass is 9.79. The summed E-state index contributed by atoms with van der Waals surface area (Å²) < 4.78 is 0. The molecule has 0 spiro atoms. The summed E-state index contributed by atoms with van der Waals surface area (Å²) in [5, 5.41) is 15.9. The van der Waals surface area contributed by atoms with Crippen LogP contribution in [-0.4, -0.2) is 23.8 Å². The van der Waals surface area contributed by atoms with Crippen LogP contribution in [0.1, 0.15) is 37.0 Å². The molecule has 1 heterocycles. The van der Waals surface area contributed by atoms with E-state index in [-0.39, 0.29) is 0 Å². The number of aliphatic hydroxyl groups is 1. The van der Waals surface area contributed by atoms with Gasteiger partial charge in [0, 0.05) is 10.9 Å². The summed E-state index contributed by atoms with van der Waals surface area (Å²) in [6.45, 7) is 0. The van der Waals surface area contributed by atoms with E-state index < -0.39 is 5.60 Å². The predicted octanol–water partition coefficient (Wildman–Crippen LogP) is 2.57. The summed E-state index contributed by atoms with van der Waals surface area (Å²) in [4.78, 5) is 1.39. The molecule has 1 aliphatic carbocycles. The van der Waals surface area contributed by atoms with Crippen molar-refractivity contribution < 1.29 is 5.11 Å². The van der Waals surface area contributed by atoms with Crippen molar-refractivity contribution >= 4 is 11.3 Å². The van der Waals surface area contributed by atoms with Gasteiger partial charge in [0.25, 0.3) is 0 Å². The molecule has 16 heavy (non-hydrogen) atoms. The lowest BCUT2D eigenvalue weighted by Gasteiger charge is -2.36. The van der Waals surface area contributed by atoms with Gasteiger partial charge in [-0.15, -0.1) is 11.3 Å². The van der Waals surface area contributed by atoms with Crippen molar-refractivity contribution in [2.75, 3.05) is 7.05 Å². The molecule has 0 unspecified atom stereocenters. The van der Waals surface area contributed by atoms with Crippen molar-refractivity contribution in [2.45, 2.75) is 50.2 Å². The number of rotatable bonds is 4. The largest absolute Gasteiger partial charge is 0.390 e. The lowest BCUT2D eigenvalue weighted by molar-refractivity contribution is -0.00985. The minimum Gasteiger partial charge on any atom is -0.390 e. The first-order valence-corrected chi connectivity index (χ1v) is 7.02. The van der Waals surface area contributed by atoms with Crippen LogP contribution in [0.15, 0.2) is 17.5 Å². The van der Waals surface area contributed by atoms with Crippen LogP contribution < -0.4 is 5.32 Å². The van der Waals surface area contributed by atoms with E-state index in [0.717, 1.165) is 38.5 Å². The highest BCUT2D eigenvalue weighted by atomic mass is 32.1. The van der Waals surface area contributed by atoms with E-state index in [0.29, 0.717) is 6.04 Å². The molecule has 0 bridgehead atoms. The van der Waals surface area contributed by atoms with Crippen LogP contribution >= 0.6 is 11.3 Å². The normalized spacial score (nSPS) is 30.5. The van der Waals surface area contributed by atoms with E-state index in [2.05, 4.69) is 22.8 Å². The zero-order valence-corrected chi connectivity index (χ0v) is 10.7. The molecule has 0 saturated heterocycles. The maximum atomic E-state index is 10.5. The highest BCUT2D eigenvalue weighted by Crippen LogP contribution is 2.32. The lowest BCUT2D eigenvalue weighted by Crippen LogP contribution is -2.40. The standard InChI is InChI=1S/C13H21NOS/c1-14-11-4-7-13(15,8-5-11)9-6-12-3-2-10-16-12/h2-3,10-11,14-15H,4-9H2,1H3. The first kappa shape index (κ1) is 12.1. The second-order valence-corrected chi connectivity index (χ2v) is 5.90. The molecule has 0 atom stereocenters. The quantitative estimate of drug-likeness (QED) is 0.846. The van der Waals surface area contributed by atoms with Gasteiger partial charge in [0.15, 0.2) is 0 Å². The molecule has 0 amide bonds. The molecular formula is C13H21NOS. The number of aryl methyl sites for hydroxylation is 1. The van der Waals surface area contributed by atoms with Crippen LogP contribution in [0.2, 0.25) is 0 Å². The minimum absolute atomic E-state index is 0.405. The topological polar surface area (TPSA) is 32.3 Å². The molecular weight excluding hydrogens is 218 g/mol. The van der Waals surface area contributed by atoms with E-state index in [1.165, 1.54) is 4.88 Å². The molecule has 1 aromatic heterocycles. The predicted molar refractivity (Wildman–Crippen MR) is 68.9 cm³/mol. The van der Waals surface area contributed by atoms with Crippen LogP contribution in [0.5, 0.6) is 0 Å². The van der Waals surface area contributed by atoms with Crippen LogP contribution in [0.25, 0.3) is 0 Å². The Balaban J connectivity index is 1.80. The first-order chi connectivity index (χ1) is 7.72. The Hall–Kier alpha value is -0.380. The summed E-state index contributed by atoms with van der Waals surface area (Å²) in [6.07, 6.45) is 6.06. The van der Waals surface area contributed by atoms with Crippen molar-refractivity contribution in [2.24, 2.45) is 0 Å². The van der Waals surface area contributed by atoms with Crippen molar-refractivity contribution in [3.8, 4) is 0 Å². The average molecular weight is 239 g/mol. The van der Waals surface area contributed by atoms with Gasteiger partial charge in [0.1, 0.15) is 0 Å². The van der Waals surface area contributed by atoms with E-state index in [9.17, 15) is 5.11 Å². The average Bonchev–Trinajstić information content (AvgIpc) is 2.81. The Kier molecular flexibility index (Phi) is 4.00. The number of thiophene rings is 1. The summed E-state index contributed by atoms with van der Waals surface area (Å²) in [7, 11) is 2.01. The third-order valence-corrected chi connectivity index (χ3v) is 4.68. The van der Waals surface area contributed by atoms with Gasteiger partial charge in [-0.1, -0.05) is 6.07 Å². The van der Waals surface area contributed by atoms with E-state index >= 15 is 0 Å². The van der Waals surface area contributed by atoms with Crippen LogP contribution in [0, 0.1) is 0 Å². The summed E-state index contributed by atoms with van der Waals surface area (Å²) in [6, 6.07) is 4.86. The molecule has 1 aliphatic rings. The van der Waals surface area contributed by atoms with Crippen molar-refractivity contribution in [3.63, 3.8) is 0 Å². The van der Waals surface area contributed by atoms with Gasteiger partial charge in [-0.3, -0.25) is 0 Å². The van der Waals surface area contributed by atoms with Gasteiger partial charge in [0.2, 0.25) is 0 Å². The Bertz CT molecular complexity index is 302. The number of hydrogen-bond donors (Lipinski definition) is 2. The van der Waals surface area contributed by atoms with Gasteiger partial charge < -0.3 is 10.4 Å². The monoisotopic (exact) mass is 239 g/mol. The second-order valence-electron chi connectivity index (χ2n) is 4.87. The molecule has 2 N–H and O–H groups in total. The molecule has 2 rings (SSSR count). The molecule has 2 nitrogen and oxygen atoms in total. The SMILES string of the molecule is CNC1CCC(O)(CCc2cccs2)CC1. The van der Waals surface area contributed by atoms with Gasteiger partial charge >= 0.3 is 0 Å². The van der Waals surface area contributed by atoms with E-state index in [1.807, 2.05) is 7.05 Å². The summed E-state index contributed by atoms with van der Waals surface area (Å²) in [5.74, 6) is 0. The molecule has 0 aromatic carbocycles. The first-order valence-electron chi connectivity index (χ1n) is 6.14. The van der Waals surface area contributed by atoms with Gasteiger partial charge in [0.05, 0.1) is 5.60 Å². The fourth-order valence-corrected chi connectivity index (χ4v) is 3.21. The fourth-order valence-electron chi connectivity index (χ4n) is 2.50. The molecule has 1 saturated carbocycles. The van der Waals surface area contributed by atoms with E-state index in [4.69, 9.17) is 0 Å². The van der Waals surface area contributed by atoms with Crippen LogP contribution in [-0.2, 0) is 6.42 Å². The molecule has 1 aromatic rings. The van der Waals surface area contributed by atoms with Crippen molar-refractivity contribution in [1.82, 2.24) is 5.32 Å². The van der Waals surface area contributed by atoms with Crippen LogP contribution in [0.4, 0.5) is 0 Å². The second kappa shape index (κ2) is 5.30. The van der Waals surface area contributed by atoms with Crippen molar-refractivity contribution in [3.05, 3.63) is 22.4 Å². The smallest absolute Gasteiger partial charge is 0.0652 e. The highest BCUT2D eigenvalue weighted by molar-refractivity contribution is 7.09. The summed E-state index contributed by atoms with van der Waals surface area (Å²) >= 11 is 1.79. The maximum absolute atomic E-state index is 10.5. The van der Waals surface area contributed by atoms with Gasteiger partial charge in [-0.05, 0) is 57.0 Å². The third kappa shape index (κ3) is 3.06. The number of hydrogen-bond acceptors (Lipinski definition) is 3. The zero-order chi connectivity index (χ0) is 11.4. The Morgan fingerprint density at radius 3 is 2.81 bits per heavy atom. The molecule has 90 valence electrons. The molecule has 3 heteroatoms. The van der Waals surface area contributed by atoms with Crippen molar-refractivity contribution in [1.29, 1.82) is 0 Å². The number of nitrogens with one attached hydrogen (secondary N) is 1.